The smallest absolute Gasteiger partial charge is 0.275 e. The highest BCUT2D eigenvalue weighted by molar-refractivity contribution is 5.76. The third-order valence-corrected chi connectivity index (χ3v) is 3.78. The van der Waals surface area contributed by atoms with Crippen LogP contribution in [0.5, 0.6) is 5.75 Å². The van der Waals surface area contributed by atoms with Crippen molar-refractivity contribution in [1.82, 2.24) is 5.32 Å². The van der Waals surface area contributed by atoms with Gasteiger partial charge in [-0.2, -0.15) is 0 Å². The Morgan fingerprint density at radius 2 is 1.71 bits per heavy atom. The van der Waals surface area contributed by atoms with Crippen molar-refractivity contribution in [1.29, 1.82) is 0 Å². The number of ether oxygens (including phenoxy) is 1. The lowest BCUT2D eigenvalue weighted by Crippen LogP contribution is -3.08. The zero-order chi connectivity index (χ0) is 17.4. The molecule has 0 fully saturated rings. The molecule has 1 amide bonds. The number of nitrogens with one attached hydrogen (secondary N) is 2. The van der Waals surface area contributed by atoms with Crippen LogP contribution < -0.4 is 15.0 Å². The Hall–Kier alpha value is -2.40. The van der Waals surface area contributed by atoms with Gasteiger partial charge in [-0.25, -0.2) is 4.39 Å². The van der Waals surface area contributed by atoms with Crippen molar-refractivity contribution < 1.29 is 18.8 Å². The molecule has 0 saturated heterocycles. The first kappa shape index (κ1) is 17.9. The van der Waals surface area contributed by atoms with Crippen molar-refractivity contribution in [2.45, 2.75) is 13.0 Å². The zero-order valence-electron chi connectivity index (χ0n) is 14.1. The van der Waals surface area contributed by atoms with Gasteiger partial charge in [0.25, 0.3) is 5.91 Å². The SMILES string of the molecule is COc1ccc(C[NH+](C)CC(=O)NCCc2ccc(F)cc2)cc1. The summed E-state index contributed by atoms with van der Waals surface area (Å²) < 4.78 is 18.0. The van der Waals surface area contributed by atoms with E-state index in [4.69, 9.17) is 4.74 Å². The standard InChI is InChI=1S/C19H23FN2O2/c1-22(13-16-5-9-18(24-2)10-6-16)14-19(23)21-12-11-15-3-7-17(20)8-4-15/h3-10H,11-14H2,1-2H3,(H,21,23)/p+1. The molecule has 24 heavy (non-hydrogen) atoms. The number of likely N-dealkylation sites (N-methyl/N-ethyl adjacent to an activating group) is 1. The molecule has 0 aromatic heterocycles. The second kappa shape index (κ2) is 9.03. The van der Waals surface area contributed by atoms with Crippen LogP contribution in [0.15, 0.2) is 48.5 Å². The van der Waals surface area contributed by atoms with E-state index in [0.717, 1.165) is 28.3 Å². The van der Waals surface area contributed by atoms with Crippen LogP contribution in [-0.4, -0.2) is 33.2 Å². The molecule has 2 aromatic rings. The van der Waals surface area contributed by atoms with Gasteiger partial charge in [0.1, 0.15) is 18.1 Å². The van der Waals surface area contributed by atoms with Gasteiger partial charge in [0, 0.05) is 12.1 Å². The molecule has 5 heteroatoms. The summed E-state index contributed by atoms with van der Waals surface area (Å²) in [5.41, 5.74) is 2.17. The number of methoxy groups -OCH3 is 1. The lowest BCUT2D eigenvalue weighted by molar-refractivity contribution is -0.885. The molecule has 0 saturated carbocycles. The molecule has 0 bridgehead atoms. The Morgan fingerprint density at radius 3 is 2.33 bits per heavy atom. The molecule has 0 aliphatic carbocycles. The molecular weight excluding hydrogens is 307 g/mol. The number of amides is 1. The minimum Gasteiger partial charge on any atom is -0.497 e. The number of hydrogen-bond acceptors (Lipinski definition) is 2. The molecule has 0 radical (unpaired) electrons. The molecule has 1 atom stereocenters. The van der Waals surface area contributed by atoms with Crippen LogP contribution >= 0.6 is 0 Å². The maximum absolute atomic E-state index is 12.8. The van der Waals surface area contributed by atoms with Crippen LogP contribution in [0.1, 0.15) is 11.1 Å². The predicted octanol–water partition coefficient (Wildman–Crippen LogP) is 1.21. The van der Waals surface area contributed by atoms with E-state index in [2.05, 4.69) is 5.32 Å². The first-order valence-corrected chi connectivity index (χ1v) is 8.02. The summed E-state index contributed by atoms with van der Waals surface area (Å²) in [6.45, 7) is 1.74. The van der Waals surface area contributed by atoms with Crippen molar-refractivity contribution >= 4 is 5.91 Å². The normalized spacial score (nSPS) is 11.8. The summed E-state index contributed by atoms with van der Waals surface area (Å²) in [5.74, 6) is 0.601. The van der Waals surface area contributed by atoms with Gasteiger partial charge in [0.15, 0.2) is 6.54 Å². The number of carbonyl (C=O) groups is 1. The van der Waals surface area contributed by atoms with E-state index in [9.17, 15) is 9.18 Å². The predicted molar refractivity (Wildman–Crippen MR) is 91.6 cm³/mol. The van der Waals surface area contributed by atoms with E-state index >= 15 is 0 Å². The summed E-state index contributed by atoms with van der Waals surface area (Å²) in [6.07, 6.45) is 0.698. The maximum Gasteiger partial charge on any atom is 0.275 e. The molecule has 2 N–H and O–H groups in total. The Kier molecular flexibility index (Phi) is 6.75. The largest absolute Gasteiger partial charge is 0.497 e. The Balaban J connectivity index is 1.69. The van der Waals surface area contributed by atoms with Gasteiger partial charge in [0.05, 0.1) is 14.2 Å². The van der Waals surface area contributed by atoms with Gasteiger partial charge in [-0.1, -0.05) is 12.1 Å². The fourth-order valence-electron chi connectivity index (χ4n) is 2.49. The lowest BCUT2D eigenvalue weighted by atomic mass is 10.1. The lowest BCUT2D eigenvalue weighted by Gasteiger charge is -2.14. The maximum atomic E-state index is 12.8. The molecule has 0 heterocycles. The van der Waals surface area contributed by atoms with E-state index < -0.39 is 0 Å². The minimum atomic E-state index is -0.244. The van der Waals surface area contributed by atoms with Gasteiger partial charge in [-0.15, -0.1) is 0 Å². The fraction of sp³-hybridized carbons (Fsp3) is 0.316. The van der Waals surface area contributed by atoms with Gasteiger partial charge in [0.2, 0.25) is 0 Å². The molecule has 0 spiro atoms. The average molecular weight is 331 g/mol. The van der Waals surface area contributed by atoms with E-state index in [1.165, 1.54) is 12.1 Å². The number of carbonyl (C=O) groups excluding carboxylic acids is 1. The first-order chi connectivity index (χ1) is 11.6. The van der Waals surface area contributed by atoms with Crippen LogP contribution in [0.25, 0.3) is 0 Å². The quantitative estimate of drug-likeness (QED) is 0.764. The highest BCUT2D eigenvalue weighted by Crippen LogP contribution is 2.10. The Morgan fingerprint density at radius 1 is 1.08 bits per heavy atom. The minimum absolute atomic E-state index is 0.0168. The number of quaternary nitrogens is 1. The molecule has 0 aliphatic rings. The van der Waals surface area contributed by atoms with Crippen LogP contribution in [0.2, 0.25) is 0 Å². The third-order valence-electron chi connectivity index (χ3n) is 3.78. The number of halogens is 1. The van der Waals surface area contributed by atoms with Crippen molar-refractivity contribution in [2.75, 3.05) is 27.2 Å². The topological polar surface area (TPSA) is 42.8 Å². The van der Waals surface area contributed by atoms with Crippen molar-refractivity contribution in [3.63, 3.8) is 0 Å². The molecule has 4 nitrogen and oxygen atoms in total. The highest BCUT2D eigenvalue weighted by Gasteiger charge is 2.10. The second-order valence-corrected chi connectivity index (χ2v) is 5.89. The van der Waals surface area contributed by atoms with E-state index in [1.807, 2.05) is 31.3 Å². The highest BCUT2D eigenvalue weighted by atomic mass is 19.1. The zero-order valence-corrected chi connectivity index (χ0v) is 14.1. The summed E-state index contributed by atoms with van der Waals surface area (Å²) in [6, 6.07) is 14.2. The molecule has 0 aliphatic heterocycles. The second-order valence-electron chi connectivity index (χ2n) is 5.89. The van der Waals surface area contributed by atoms with Gasteiger partial charge < -0.3 is 15.0 Å². The summed E-state index contributed by atoms with van der Waals surface area (Å²) in [5, 5.41) is 2.91. The third kappa shape index (κ3) is 6.01. The summed E-state index contributed by atoms with van der Waals surface area (Å²) in [4.78, 5) is 13.1. The number of benzene rings is 2. The monoisotopic (exact) mass is 331 g/mol. The van der Waals surface area contributed by atoms with Gasteiger partial charge in [-0.3, -0.25) is 4.79 Å². The Labute approximate surface area is 142 Å². The molecule has 128 valence electrons. The van der Waals surface area contributed by atoms with Crippen LogP contribution in [-0.2, 0) is 17.8 Å². The number of rotatable bonds is 8. The molecular formula is C19H24FN2O2+. The summed E-state index contributed by atoms with van der Waals surface area (Å²) in [7, 11) is 3.63. The van der Waals surface area contributed by atoms with E-state index in [-0.39, 0.29) is 11.7 Å². The van der Waals surface area contributed by atoms with Crippen molar-refractivity contribution in [2.24, 2.45) is 0 Å². The average Bonchev–Trinajstić information content (AvgIpc) is 2.57. The van der Waals surface area contributed by atoms with Gasteiger partial charge in [-0.05, 0) is 48.4 Å². The number of hydrogen-bond donors (Lipinski definition) is 2. The van der Waals surface area contributed by atoms with Crippen LogP contribution in [0.4, 0.5) is 4.39 Å². The van der Waals surface area contributed by atoms with Crippen LogP contribution in [0.3, 0.4) is 0 Å². The summed E-state index contributed by atoms with van der Waals surface area (Å²) >= 11 is 0. The van der Waals surface area contributed by atoms with E-state index in [0.29, 0.717) is 19.5 Å². The van der Waals surface area contributed by atoms with Crippen molar-refractivity contribution in [3.8, 4) is 5.75 Å². The van der Waals surface area contributed by atoms with Gasteiger partial charge >= 0.3 is 0 Å². The van der Waals surface area contributed by atoms with E-state index in [1.54, 1.807) is 19.2 Å². The van der Waals surface area contributed by atoms with Crippen LogP contribution in [0, 0.1) is 5.82 Å². The Bertz CT molecular complexity index is 641. The molecule has 1 unspecified atom stereocenters. The fourth-order valence-corrected chi connectivity index (χ4v) is 2.49. The molecule has 2 rings (SSSR count). The first-order valence-electron chi connectivity index (χ1n) is 8.02. The molecule has 2 aromatic carbocycles. The van der Waals surface area contributed by atoms with Crippen molar-refractivity contribution in [3.05, 3.63) is 65.5 Å².